The second-order valence-electron chi connectivity index (χ2n) is 0.940. The van der Waals surface area contributed by atoms with Crippen molar-refractivity contribution in [3.8, 4) is 0 Å². The van der Waals surface area contributed by atoms with Gasteiger partial charge in [0.25, 0.3) is 0 Å². The van der Waals surface area contributed by atoms with Crippen LogP contribution in [0.15, 0.2) is 17.9 Å². The number of hydrogen-bond donors (Lipinski definition) is 2. The van der Waals surface area contributed by atoms with Crippen LogP contribution in [0.2, 0.25) is 0 Å². The standard InChI is InChI=1S/C5H8O2/c6-4-2-1-3-5-7/h2-3,6-7H,4-5H2. The van der Waals surface area contributed by atoms with Crippen molar-refractivity contribution in [3.05, 3.63) is 17.9 Å². The van der Waals surface area contributed by atoms with E-state index in [1.54, 1.807) is 0 Å². The van der Waals surface area contributed by atoms with Gasteiger partial charge in [-0.3, -0.25) is 0 Å². The van der Waals surface area contributed by atoms with Crippen LogP contribution in [0, 0.1) is 0 Å². The van der Waals surface area contributed by atoms with Crippen molar-refractivity contribution >= 4 is 0 Å². The van der Waals surface area contributed by atoms with E-state index in [4.69, 9.17) is 10.2 Å². The lowest BCUT2D eigenvalue weighted by atomic mass is 10.5. The minimum atomic E-state index is -0.0174. The molecule has 0 atom stereocenters. The molecule has 0 bridgehead atoms. The molecule has 0 amide bonds. The predicted molar refractivity (Wildman–Crippen MR) is 26.8 cm³/mol. The highest BCUT2D eigenvalue weighted by atomic mass is 16.3. The number of aliphatic hydroxyl groups excluding tert-OH is 2. The Balaban J connectivity index is 3.21. The van der Waals surface area contributed by atoms with Crippen LogP contribution in [0.5, 0.6) is 0 Å². The molecule has 0 aliphatic carbocycles. The topological polar surface area (TPSA) is 40.5 Å². The molecule has 0 aliphatic heterocycles. The van der Waals surface area contributed by atoms with Crippen LogP contribution in [0.3, 0.4) is 0 Å². The van der Waals surface area contributed by atoms with Crippen LogP contribution in [-0.4, -0.2) is 23.4 Å². The van der Waals surface area contributed by atoms with Crippen molar-refractivity contribution in [2.45, 2.75) is 0 Å². The van der Waals surface area contributed by atoms with Gasteiger partial charge in [0, 0.05) is 0 Å². The molecule has 0 spiro atoms. The molecular weight excluding hydrogens is 92.1 g/mol. The minimum absolute atomic E-state index is 0.0174. The molecule has 7 heavy (non-hydrogen) atoms. The maximum Gasteiger partial charge on any atom is 0.0686 e. The predicted octanol–water partition coefficient (Wildman–Crippen LogP) is -0.318. The van der Waals surface area contributed by atoms with Crippen LogP contribution in [-0.2, 0) is 0 Å². The molecular formula is C5H8O2. The summed E-state index contributed by atoms with van der Waals surface area (Å²) in [5.41, 5.74) is 2.53. The van der Waals surface area contributed by atoms with E-state index < -0.39 is 0 Å². The Hall–Kier alpha value is -0.560. The number of rotatable bonds is 2. The Morgan fingerprint density at radius 2 is 1.57 bits per heavy atom. The summed E-state index contributed by atoms with van der Waals surface area (Å²) in [4.78, 5) is 0. The normalized spacial score (nSPS) is 7.14. The van der Waals surface area contributed by atoms with Crippen LogP contribution >= 0.6 is 0 Å². The highest BCUT2D eigenvalue weighted by Crippen LogP contribution is 1.62. The third-order valence-corrected chi connectivity index (χ3v) is 0.418. The van der Waals surface area contributed by atoms with Crippen LogP contribution in [0.1, 0.15) is 0 Å². The summed E-state index contributed by atoms with van der Waals surface area (Å²) >= 11 is 0. The molecule has 40 valence electrons. The minimum Gasteiger partial charge on any atom is -0.392 e. The largest absolute Gasteiger partial charge is 0.392 e. The van der Waals surface area contributed by atoms with Gasteiger partial charge in [-0.25, -0.2) is 0 Å². The lowest BCUT2D eigenvalue weighted by Crippen LogP contribution is -1.69. The Morgan fingerprint density at radius 1 is 1.14 bits per heavy atom. The van der Waals surface area contributed by atoms with Gasteiger partial charge in [-0.15, -0.1) is 5.73 Å². The fourth-order valence-corrected chi connectivity index (χ4v) is 0.189. The molecule has 0 aliphatic rings. The molecule has 0 saturated heterocycles. The first-order valence-corrected chi connectivity index (χ1v) is 2.03. The summed E-state index contributed by atoms with van der Waals surface area (Å²) in [5.74, 6) is 0. The smallest absolute Gasteiger partial charge is 0.0686 e. The van der Waals surface area contributed by atoms with E-state index in [0.29, 0.717) is 0 Å². The average molecular weight is 100 g/mol. The molecule has 0 aromatic rings. The Kier molecular flexibility index (Phi) is 5.00. The van der Waals surface area contributed by atoms with Gasteiger partial charge in [-0.1, -0.05) is 0 Å². The monoisotopic (exact) mass is 100 g/mol. The molecule has 0 unspecified atom stereocenters. The maximum absolute atomic E-state index is 8.07. The molecule has 2 nitrogen and oxygen atoms in total. The van der Waals surface area contributed by atoms with Crippen molar-refractivity contribution in [1.29, 1.82) is 0 Å². The first-order chi connectivity index (χ1) is 3.41. The van der Waals surface area contributed by atoms with Crippen LogP contribution in [0.25, 0.3) is 0 Å². The summed E-state index contributed by atoms with van der Waals surface area (Å²) < 4.78 is 0. The maximum atomic E-state index is 8.07. The summed E-state index contributed by atoms with van der Waals surface area (Å²) in [7, 11) is 0. The third-order valence-electron chi connectivity index (χ3n) is 0.418. The van der Waals surface area contributed by atoms with E-state index in [1.807, 2.05) is 0 Å². The van der Waals surface area contributed by atoms with Gasteiger partial charge in [0.1, 0.15) is 0 Å². The zero-order valence-corrected chi connectivity index (χ0v) is 3.96. The molecule has 0 saturated carbocycles. The quantitative estimate of drug-likeness (QED) is 0.467. The van der Waals surface area contributed by atoms with E-state index in [1.165, 1.54) is 12.2 Å². The van der Waals surface area contributed by atoms with Crippen molar-refractivity contribution < 1.29 is 10.2 Å². The van der Waals surface area contributed by atoms with E-state index in [2.05, 4.69) is 5.73 Å². The third kappa shape index (κ3) is 5.44. The first-order valence-electron chi connectivity index (χ1n) is 2.03. The zero-order chi connectivity index (χ0) is 5.54. The van der Waals surface area contributed by atoms with Gasteiger partial charge in [0.05, 0.1) is 13.2 Å². The number of hydrogen-bond acceptors (Lipinski definition) is 2. The highest BCUT2D eigenvalue weighted by molar-refractivity contribution is 4.83. The van der Waals surface area contributed by atoms with Gasteiger partial charge in [-0.2, -0.15) is 0 Å². The molecule has 0 rings (SSSR count). The van der Waals surface area contributed by atoms with E-state index in [0.717, 1.165) is 0 Å². The van der Waals surface area contributed by atoms with Gasteiger partial charge >= 0.3 is 0 Å². The average Bonchev–Trinajstić information content (AvgIpc) is 1.69. The summed E-state index contributed by atoms with van der Waals surface area (Å²) in [5, 5.41) is 16.1. The van der Waals surface area contributed by atoms with Crippen molar-refractivity contribution in [2.24, 2.45) is 0 Å². The lowest BCUT2D eigenvalue weighted by Gasteiger charge is -1.68. The number of aliphatic hydroxyl groups is 2. The Morgan fingerprint density at radius 3 is 1.86 bits per heavy atom. The van der Waals surface area contributed by atoms with E-state index in [9.17, 15) is 0 Å². The van der Waals surface area contributed by atoms with Gasteiger partial charge in [0.2, 0.25) is 0 Å². The van der Waals surface area contributed by atoms with Crippen LogP contribution < -0.4 is 0 Å². The van der Waals surface area contributed by atoms with Crippen molar-refractivity contribution in [1.82, 2.24) is 0 Å². The summed E-state index contributed by atoms with van der Waals surface area (Å²) in [6.07, 6.45) is 2.85. The second kappa shape index (κ2) is 5.44. The Labute approximate surface area is 42.4 Å². The summed E-state index contributed by atoms with van der Waals surface area (Å²) in [6.45, 7) is -0.0347. The fourth-order valence-electron chi connectivity index (χ4n) is 0.189. The Bertz CT molecular complexity index is 72.1. The molecule has 0 aromatic carbocycles. The van der Waals surface area contributed by atoms with Gasteiger partial charge in [-0.05, 0) is 12.2 Å². The van der Waals surface area contributed by atoms with Gasteiger partial charge in [0.15, 0.2) is 0 Å². The van der Waals surface area contributed by atoms with E-state index >= 15 is 0 Å². The van der Waals surface area contributed by atoms with Crippen molar-refractivity contribution in [2.75, 3.05) is 13.2 Å². The fraction of sp³-hybridized carbons (Fsp3) is 0.400. The first kappa shape index (κ1) is 6.44. The van der Waals surface area contributed by atoms with Crippen molar-refractivity contribution in [3.63, 3.8) is 0 Å². The van der Waals surface area contributed by atoms with Gasteiger partial charge < -0.3 is 10.2 Å². The molecule has 2 N–H and O–H groups in total. The SMILES string of the molecule is OCC=C=CCO. The highest BCUT2D eigenvalue weighted by Gasteiger charge is 1.58. The zero-order valence-electron chi connectivity index (χ0n) is 3.96. The lowest BCUT2D eigenvalue weighted by molar-refractivity contribution is 0.340. The molecule has 0 fully saturated rings. The second-order valence-corrected chi connectivity index (χ2v) is 0.940. The van der Waals surface area contributed by atoms with Crippen LogP contribution in [0.4, 0.5) is 0 Å². The molecule has 0 radical (unpaired) electrons. The molecule has 2 heteroatoms. The molecule has 0 heterocycles. The van der Waals surface area contributed by atoms with E-state index in [-0.39, 0.29) is 13.2 Å². The molecule has 0 aromatic heterocycles. The summed E-state index contributed by atoms with van der Waals surface area (Å²) in [6, 6.07) is 0.